The van der Waals surface area contributed by atoms with Crippen LogP contribution in [-0.2, 0) is 27.7 Å². The first kappa shape index (κ1) is 22.9. The summed E-state index contributed by atoms with van der Waals surface area (Å²) in [5, 5.41) is 3.47. The lowest BCUT2D eigenvalue weighted by Gasteiger charge is -2.30. The number of hydrogen-bond donors (Lipinski definition) is 1. The molecule has 2 atom stereocenters. The summed E-state index contributed by atoms with van der Waals surface area (Å²) in [6.07, 6.45) is 5.58. The molecule has 0 heterocycles. The summed E-state index contributed by atoms with van der Waals surface area (Å²) in [5.41, 5.74) is 3.88. The minimum atomic E-state index is -3.78. The Bertz CT molecular complexity index is 1060. The maximum atomic E-state index is 13.0. The molecule has 0 saturated heterocycles. The molecule has 5 nitrogen and oxygen atoms in total. The summed E-state index contributed by atoms with van der Waals surface area (Å²) < 4.78 is 26.0. The maximum Gasteiger partial charge on any atom is 0.244 e. The van der Waals surface area contributed by atoms with Crippen molar-refractivity contribution in [1.29, 1.82) is 0 Å². The van der Waals surface area contributed by atoms with Gasteiger partial charge in [0, 0.05) is 5.02 Å². The van der Waals surface area contributed by atoms with Gasteiger partial charge in [-0.25, -0.2) is 8.42 Å². The van der Waals surface area contributed by atoms with Crippen molar-refractivity contribution in [3.8, 4) is 0 Å². The Morgan fingerprint density at radius 1 is 1.03 bits per heavy atom. The Balaban J connectivity index is 1.83. The van der Waals surface area contributed by atoms with E-state index in [1.54, 1.807) is 6.07 Å². The summed E-state index contributed by atoms with van der Waals surface area (Å²) in [6, 6.07) is 9.56. The van der Waals surface area contributed by atoms with Crippen LogP contribution in [0.15, 0.2) is 36.4 Å². The molecule has 1 aliphatic rings. The highest BCUT2D eigenvalue weighted by Crippen LogP contribution is 2.32. The van der Waals surface area contributed by atoms with Crippen LogP contribution in [-0.4, -0.2) is 26.6 Å². The lowest BCUT2D eigenvalue weighted by Crippen LogP contribution is -2.48. The molecule has 30 heavy (non-hydrogen) atoms. The fourth-order valence-corrected chi connectivity index (χ4v) is 5.48. The van der Waals surface area contributed by atoms with E-state index >= 15 is 0 Å². The third-order valence-corrected chi connectivity index (χ3v) is 7.25. The highest BCUT2D eigenvalue weighted by molar-refractivity contribution is 7.92. The van der Waals surface area contributed by atoms with E-state index in [-0.39, 0.29) is 16.8 Å². The second kappa shape index (κ2) is 9.16. The standard InChI is InChI=1S/C22H26Cl2N2O3S/c1-14(17-9-8-16-6-4-5-7-18(16)12-17)25-22(27)15(2)26(30(3,28)29)21-13-19(23)10-11-20(21)24/h8-15H,4-7H2,1-3H3,(H,25,27). The van der Waals surface area contributed by atoms with Gasteiger partial charge in [0.2, 0.25) is 15.9 Å². The normalized spacial score (nSPS) is 15.8. The van der Waals surface area contributed by atoms with Crippen molar-refractivity contribution in [3.63, 3.8) is 0 Å². The first-order chi connectivity index (χ1) is 14.1. The van der Waals surface area contributed by atoms with Crippen LogP contribution in [0, 0.1) is 0 Å². The second-order valence-corrected chi connectivity index (χ2v) is 10.5. The molecule has 2 aromatic rings. The van der Waals surface area contributed by atoms with E-state index in [2.05, 4.69) is 17.4 Å². The number of sulfonamides is 1. The third-order valence-electron chi connectivity index (χ3n) is 5.47. The highest BCUT2D eigenvalue weighted by atomic mass is 35.5. The number of amides is 1. The van der Waals surface area contributed by atoms with Gasteiger partial charge in [-0.1, -0.05) is 41.4 Å². The fraction of sp³-hybridized carbons (Fsp3) is 0.409. The number of carbonyl (C=O) groups is 1. The summed E-state index contributed by atoms with van der Waals surface area (Å²) in [5.74, 6) is -0.415. The SMILES string of the molecule is CC(NC(=O)C(C)N(c1cc(Cl)ccc1Cl)S(C)(=O)=O)c1ccc2c(c1)CCCC2. The minimum Gasteiger partial charge on any atom is -0.348 e. The quantitative estimate of drug-likeness (QED) is 0.654. The molecular formula is C22H26Cl2N2O3S. The number of anilines is 1. The number of rotatable bonds is 6. The number of hydrogen-bond acceptors (Lipinski definition) is 3. The van der Waals surface area contributed by atoms with Crippen LogP contribution in [0.2, 0.25) is 10.0 Å². The van der Waals surface area contributed by atoms with Crippen LogP contribution >= 0.6 is 23.2 Å². The number of nitrogens with zero attached hydrogens (tertiary/aromatic N) is 1. The highest BCUT2D eigenvalue weighted by Gasteiger charge is 2.31. The predicted molar refractivity (Wildman–Crippen MR) is 123 cm³/mol. The van der Waals surface area contributed by atoms with Gasteiger partial charge in [-0.2, -0.15) is 0 Å². The van der Waals surface area contributed by atoms with Crippen LogP contribution < -0.4 is 9.62 Å². The Kier molecular flexibility index (Phi) is 7.00. The first-order valence-corrected chi connectivity index (χ1v) is 12.5. The van der Waals surface area contributed by atoms with Gasteiger partial charge in [0.15, 0.2) is 0 Å². The van der Waals surface area contributed by atoms with Crippen molar-refractivity contribution < 1.29 is 13.2 Å². The van der Waals surface area contributed by atoms with E-state index in [1.165, 1.54) is 43.0 Å². The Morgan fingerprint density at radius 2 is 1.70 bits per heavy atom. The number of carbonyl (C=O) groups excluding carboxylic acids is 1. The summed E-state index contributed by atoms with van der Waals surface area (Å²) >= 11 is 12.3. The number of benzene rings is 2. The third kappa shape index (κ3) is 5.10. The molecule has 2 aromatic carbocycles. The van der Waals surface area contributed by atoms with Gasteiger partial charge in [-0.05, 0) is 74.4 Å². The monoisotopic (exact) mass is 468 g/mol. The largest absolute Gasteiger partial charge is 0.348 e. The van der Waals surface area contributed by atoms with E-state index in [9.17, 15) is 13.2 Å². The van der Waals surface area contributed by atoms with E-state index in [0.717, 1.165) is 29.0 Å². The van der Waals surface area contributed by atoms with Crippen LogP contribution in [0.25, 0.3) is 0 Å². The molecule has 0 radical (unpaired) electrons. The predicted octanol–water partition coefficient (Wildman–Crippen LogP) is 4.90. The minimum absolute atomic E-state index is 0.177. The van der Waals surface area contributed by atoms with Crippen LogP contribution in [0.1, 0.15) is 49.4 Å². The van der Waals surface area contributed by atoms with Gasteiger partial charge in [0.1, 0.15) is 6.04 Å². The van der Waals surface area contributed by atoms with E-state index in [0.29, 0.717) is 5.02 Å². The van der Waals surface area contributed by atoms with Crippen molar-refractivity contribution in [3.05, 3.63) is 63.1 Å². The summed E-state index contributed by atoms with van der Waals surface area (Å²) in [6.45, 7) is 3.43. The molecule has 0 fully saturated rings. The van der Waals surface area contributed by atoms with Gasteiger partial charge in [-0.15, -0.1) is 0 Å². The smallest absolute Gasteiger partial charge is 0.244 e. The van der Waals surface area contributed by atoms with Crippen molar-refractivity contribution in [2.45, 2.75) is 51.6 Å². The molecule has 0 aliphatic heterocycles. The maximum absolute atomic E-state index is 13.0. The van der Waals surface area contributed by atoms with Crippen LogP contribution in [0.5, 0.6) is 0 Å². The topological polar surface area (TPSA) is 66.5 Å². The molecule has 1 amide bonds. The number of nitrogens with one attached hydrogen (secondary N) is 1. The Hall–Kier alpha value is -1.76. The van der Waals surface area contributed by atoms with E-state index in [1.807, 2.05) is 13.0 Å². The number of fused-ring (bicyclic) bond motifs is 1. The van der Waals surface area contributed by atoms with Crippen molar-refractivity contribution in [1.82, 2.24) is 5.32 Å². The summed E-state index contributed by atoms with van der Waals surface area (Å²) in [4.78, 5) is 13.0. The van der Waals surface area contributed by atoms with Gasteiger partial charge in [-0.3, -0.25) is 9.10 Å². The second-order valence-electron chi connectivity index (χ2n) is 7.80. The van der Waals surface area contributed by atoms with Crippen molar-refractivity contribution in [2.24, 2.45) is 0 Å². The lowest BCUT2D eigenvalue weighted by molar-refractivity contribution is -0.122. The Morgan fingerprint density at radius 3 is 2.37 bits per heavy atom. The molecular weight excluding hydrogens is 443 g/mol. The molecule has 3 rings (SSSR count). The van der Waals surface area contributed by atoms with Crippen molar-refractivity contribution in [2.75, 3.05) is 10.6 Å². The molecule has 0 bridgehead atoms. The number of aryl methyl sites for hydroxylation is 2. The molecule has 1 N–H and O–H groups in total. The van der Waals surface area contributed by atoms with Crippen LogP contribution in [0.4, 0.5) is 5.69 Å². The first-order valence-electron chi connectivity index (χ1n) is 9.94. The zero-order valence-electron chi connectivity index (χ0n) is 17.3. The molecule has 0 saturated carbocycles. The zero-order valence-corrected chi connectivity index (χ0v) is 19.6. The molecule has 0 aromatic heterocycles. The molecule has 0 spiro atoms. The molecule has 8 heteroatoms. The summed E-state index contributed by atoms with van der Waals surface area (Å²) in [7, 11) is -3.78. The average Bonchev–Trinajstić information content (AvgIpc) is 2.69. The van der Waals surface area contributed by atoms with E-state index in [4.69, 9.17) is 23.2 Å². The fourth-order valence-electron chi connectivity index (χ4n) is 3.88. The van der Waals surface area contributed by atoms with Crippen LogP contribution in [0.3, 0.4) is 0 Å². The lowest BCUT2D eigenvalue weighted by atomic mass is 9.89. The van der Waals surface area contributed by atoms with Gasteiger partial charge < -0.3 is 5.32 Å². The van der Waals surface area contributed by atoms with Crippen molar-refractivity contribution >= 4 is 44.8 Å². The number of halogens is 2. The Labute approximate surface area is 188 Å². The average molecular weight is 469 g/mol. The molecule has 2 unspecified atom stereocenters. The van der Waals surface area contributed by atoms with Gasteiger partial charge in [0.25, 0.3) is 0 Å². The molecule has 162 valence electrons. The van der Waals surface area contributed by atoms with Gasteiger partial charge >= 0.3 is 0 Å². The molecule has 1 aliphatic carbocycles. The zero-order chi connectivity index (χ0) is 22.1. The van der Waals surface area contributed by atoms with E-state index < -0.39 is 22.0 Å². The van der Waals surface area contributed by atoms with Gasteiger partial charge in [0.05, 0.1) is 23.0 Å².